The fourth-order valence-electron chi connectivity index (χ4n) is 4.06. The van der Waals surface area contributed by atoms with E-state index >= 15 is 0 Å². The fraction of sp³-hybridized carbons (Fsp3) is 0.565. The lowest BCUT2D eigenvalue weighted by molar-refractivity contribution is 0.0650. The van der Waals surface area contributed by atoms with Gasteiger partial charge in [-0.15, -0.1) is 0 Å². The molecule has 2 heterocycles. The van der Waals surface area contributed by atoms with Crippen LogP contribution < -0.4 is 4.74 Å². The van der Waals surface area contributed by atoms with E-state index in [1.807, 2.05) is 38.1 Å². The molecule has 0 spiro atoms. The second-order valence-electron chi connectivity index (χ2n) is 8.43. The number of methoxy groups -OCH3 is 1. The molecule has 0 aliphatic carbocycles. The largest absolute Gasteiger partial charge is 0.496 e. The Kier molecular flexibility index (Phi) is 7.87. The van der Waals surface area contributed by atoms with Crippen molar-refractivity contribution in [3.63, 3.8) is 0 Å². The van der Waals surface area contributed by atoms with Crippen molar-refractivity contribution in [3.8, 4) is 5.75 Å². The Balaban J connectivity index is 1.65. The van der Waals surface area contributed by atoms with Gasteiger partial charge in [0, 0.05) is 44.4 Å². The quantitative estimate of drug-likeness (QED) is 0.629. The Bertz CT molecular complexity index is 820. The van der Waals surface area contributed by atoms with Crippen LogP contribution in [0.4, 0.5) is 0 Å². The number of benzene rings is 1. The van der Waals surface area contributed by atoms with Gasteiger partial charge in [-0.2, -0.15) is 0 Å². The van der Waals surface area contributed by atoms with Crippen LogP contribution in [0.1, 0.15) is 34.7 Å². The van der Waals surface area contributed by atoms with E-state index in [1.54, 1.807) is 13.2 Å². The molecule has 7 heteroatoms. The van der Waals surface area contributed by atoms with E-state index in [0.29, 0.717) is 23.9 Å². The Hall–Kier alpha value is -2.38. The highest BCUT2D eigenvalue weighted by Crippen LogP contribution is 2.24. The third-order valence-corrected chi connectivity index (χ3v) is 5.62. The third kappa shape index (κ3) is 6.06. The van der Waals surface area contributed by atoms with Crippen LogP contribution in [0.3, 0.4) is 0 Å². The van der Waals surface area contributed by atoms with Crippen molar-refractivity contribution >= 4 is 5.91 Å². The van der Waals surface area contributed by atoms with Crippen molar-refractivity contribution < 1.29 is 14.1 Å². The summed E-state index contributed by atoms with van der Waals surface area (Å²) in [5, 5.41) is 3.94. The first-order valence-corrected chi connectivity index (χ1v) is 10.7. The molecule has 1 aromatic heterocycles. The minimum Gasteiger partial charge on any atom is -0.496 e. The van der Waals surface area contributed by atoms with Crippen LogP contribution in [0, 0.1) is 12.8 Å². The summed E-state index contributed by atoms with van der Waals surface area (Å²) in [7, 11) is 5.77. The molecule has 1 fully saturated rings. The fourth-order valence-corrected chi connectivity index (χ4v) is 4.06. The summed E-state index contributed by atoms with van der Waals surface area (Å²) < 4.78 is 10.6. The van der Waals surface area contributed by atoms with E-state index in [4.69, 9.17) is 9.26 Å². The number of carbonyl (C=O) groups is 1. The zero-order chi connectivity index (χ0) is 21.5. The molecule has 1 saturated heterocycles. The Labute approximate surface area is 179 Å². The molecule has 3 rings (SSSR count). The first-order valence-electron chi connectivity index (χ1n) is 10.7. The van der Waals surface area contributed by atoms with Gasteiger partial charge in [0.05, 0.1) is 7.11 Å². The average molecular weight is 415 g/mol. The van der Waals surface area contributed by atoms with E-state index in [2.05, 4.69) is 27.1 Å². The van der Waals surface area contributed by atoms with Gasteiger partial charge in [0.1, 0.15) is 11.5 Å². The molecule has 1 amide bonds. The highest BCUT2D eigenvalue weighted by atomic mass is 16.5. The Morgan fingerprint density at radius 1 is 1.30 bits per heavy atom. The van der Waals surface area contributed by atoms with Gasteiger partial charge in [-0.1, -0.05) is 23.4 Å². The predicted octanol–water partition coefficient (Wildman–Crippen LogP) is 2.91. The van der Waals surface area contributed by atoms with Crippen LogP contribution in [0.25, 0.3) is 0 Å². The summed E-state index contributed by atoms with van der Waals surface area (Å²) >= 11 is 0. The third-order valence-electron chi connectivity index (χ3n) is 5.62. The summed E-state index contributed by atoms with van der Waals surface area (Å²) in [5.74, 6) is 1.98. The molecule has 0 bridgehead atoms. The monoisotopic (exact) mass is 414 g/mol. The number of hydrogen-bond donors (Lipinski definition) is 0. The minimum atomic E-state index is -0.0458. The van der Waals surface area contributed by atoms with Gasteiger partial charge in [-0.3, -0.25) is 9.69 Å². The van der Waals surface area contributed by atoms with Gasteiger partial charge >= 0.3 is 0 Å². The van der Waals surface area contributed by atoms with Gasteiger partial charge in [0.2, 0.25) is 0 Å². The number of likely N-dealkylation sites (tertiary alicyclic amines) is 1. The molecule has 1 aromatic carbocycles. The summed E-state index contributed by atoms with van der Waals surface area (Å²) in [6, 6.07) is 9.92. The van der Waals surface area contributed by atoms with Crippen molar-refractivity contribution in [2.24, 2.45) is 5.92 Å². The number of rotatable bonds is 9. The topological polar surface area (TPSA) is 62.1 Å². The summed E-state index contributed by atoms with van der Waals surface area (Å²) in [6.45, 7) is 6.96. The van der Waals surface area contributed by atoms with Gasteiger partial charge < -0.3 is 19.1 Å². The van der Waals surface area contributed by atoms with Crippen molar-refractivity contribution in [2.75, 3.05) is 53.9 Å². The highest BCUT2D eigenvalue weighted by molar-refractivity contribution is 5.92. The van der Waals surface area contributed by atoms with Crippen LogP contribution >= 0.6 is 0 Å². The van der Waals surface area contributed by atoms with Crippen molar-refractivity contribution in [3.05, 3.63) is 47.3 Å². The molecule has 164 valence electrons. The molecule has 1 aliphatic heterocycles. The van der Waals surface area contributed by atoms with Gasteiger partial charge in [-0.05, 0) is 52.4 Å². The molecular weight excluding hydrogens is 380 g/mol. The van der Waals surface area contributed by atoms with E-state index in [0.717, 1.165) is 51.3 Å². The first kappa shape index (κ1) is 22.3. The minimum absolute atomic E-state index is 0.0458. The standard InChI is InChI=1S/C23H34N4O3/c1-18-14-21(24-30-18)23(28)27(13-12-25(2)3)16-19-8-7-11-26(15-19)17-20-9-5-6-10-22(20)29-4/h5-6,9-10,14,19H,7-8,11-13,15-17H2,1-4H3/t19-/m0/s1. The van der Waals surface area contributed by atoms with Gasteiger partial charge in [0.15, 0.2) is 5.69 Å². The molecule has 7 nitrogen and oxygen atoms in total. The summed E-state index contributed by atoms with van der Waals surface area (Å²) in [6.07, 6.45) is 2.27. The lowest BCUT2D eigenvalue weighted by Gasteiger charge is -2.36. The number of aromatic nitrogens is 1. The number of para-hydroxylation sites is 1. The number of amides is 1. The zero-order valence-electron chi connectivity index (χ0n) is 18.6. The lowest BCUT2D eigenvalue weighted by Crippen LogP contribution is -2.44. The maximum Gasteiger partial charge on any atom is 0.276 e. The van der Waals surface area contributed by atoms with E-state index < -0.39 is 0 Å². The first-order chi connectivity index (χ1) is 14.5. The SMILES string of the molecule is COc1ccccc1CN1CCC[C@H](CN(CCN(C)C)C(=O)c2cc(C)on2)C1. The molecule has 0 radical (unpaired) electrons. The predicted molar refractivity (Wildman–Crippen MR) is 117 cm³/mol. The number of aryl methyl sites for hydroxylation is 1. The van der Waals surface area contributed by atoms with E-state index in [-0.39, 0.29) is 5.91 Å². The molecule has 30 heavy (non-hydrogen) atoms. The molecule has 1 atom stereocenters. The molecule has 0 saturated carbocycles. The summed E-state index contributed by atoms with van der Waals surface area (Å²) in [4.78, 5) is 19.6. The second kappa shape index (κ2) is 10.6. The Morgan fingerprint density at radius 2 is 2.10 bits per heavy atom. The number of carbonyl (C=O) groups excluding carboxylic acids is 1. The zero-order valence-corrected chi connectivity index (χ0v) is 18.6. The Morgan fingerprint density at radius 3 is 2.80 bits per heavy atom. The van der Waals surface area contributed by atoms with Crippen LogP contribution in [-0.4, -0.2) is 79.7 Å². The maximum atomic E-state index is 13.1. The van der Waals surface area contributed by atoms with Gasteiger partial charge in [-0.25, -0.2) is 0 Å². The average Bonchev–Trinajstić information content (AvgIpc) is 3.17. The number of piperidine rings is 1. The van der Waals surface area contributed by atoms with Crippen LogP contribution in [0.2, 0.25) is 0 Å². The van der Waals surface area contributed by atoms with Crippen LogP contribution in [0.15, 0.2) is 34.9 Å². The van der Waals surface area contributed by atoms with Crippen molar-refractivity contribution in [2.45, 2.75) is 26.3 Å². The van der Waals surface area contributed by atoms with Crippen LogP contribution in [0.5, 0.6) is 5.75 Å². The molecule has 0 N–H and O–H groups in total. The summed E-state index contributed by atoms with van der Waals surface area (Å²) in [5.41, 5.74) is 1.60. The smallest absolute Gasteiger partial charge is 0.276 e. The highest BCUT2D eigenvalue weighted by Gasteiger charge is 2.26. The number of ether oxygens (including phenoxy) is 1. The molecular formula is C23H34N4O3. The molecule has 1 aliphatic rings. The lowest BCUT2D eigenvalue weighted by atomic mass is 9.96. The van der Waals surface area contributed by atoms with Crippen molar-refractivity contribution in [1.82, 2.24) is 19.9 Å². The normalized spacial score (nSPS) is 17.3. The molecule has 0 unspecified atom stereocenters. The second-order valence-corrected chi connectivity index (χ2v) is 8.43. The number of likely N-dealkylation sites (N-methyl/N-ethyl adjacent to an activating group) is 1. The van der Waals surface area contributed by atoms with Gasteiger partial charge in [0.25, 0.3) is 5.91 Å². The van der Waals surface area contributed by atoms with E-state index in [1.165, 1.54) is 5.56 Å². The maximum absolute atomic E-state index is 13.1. The molecule has 2 aromatic rings. The number of hydrogen-bond acceptors (Lipinski definition) is 6. The van der Waals surface area contributed by atoms with E-state index in [9.17, 15) is 4.79 Å². The van der Waals surface area contributed by atoms with Crippen LogP contribution in [-0.2, 0) is 6.54 Å². The van der Waals surface area contributed by atoms with Crippen molar-refractivity contribution in [1.29, 1.82) is 0 Å². The number of nitrogens with zero attached hydrogens (tertiary/aromatic N) is 4.